The van der Waals surface area contributed by atoms with Crippen LogP contribution in [-0.4, -0.2) is 28.6 Å². The number of carbonyl (C=O) groups is 2. The highest BCUT2D eigenvalue weighted by Crippen LogP contribution is 2.26. The average molecular weight is 340 g/mol. The lowest BCUT2D eigenvalue weighted by molar-refractivity contribution is 0.0690. The molecule has 0 aliphatic heterocycles. The number of ether oxygens (including phenoxy) is 1. The molecule has 2 aromatic carbocycles. The van der Waals surface area contributed by atoms with Crippen molar-refractivity contribution in [1.82, 2.24) is 0 Å². The molecule has 6 nitrogen and oxygen atoms in total. The molecule has 0 saturated heterocycles. The number of anilines is 1. The van der Waals surface area contributed by atoms with Gasteiger partial charge < -0.3 is 20.7 Å². The van der Waals surface area contributed by atoms with Crippen LogP contribution in [0.5, 0.6) is 11.5 Å². The van der Waals surface area contributed by atoms with Gasteiger partial charge in [-0.2, -0.15) is 0 Å². The van der Waals surface area contributed by atoms with Gasteiger partial charge in [0.1, 0.15) is 17.3 Å². The van der Waals surface area contributed by atoms with E-state index in [0.717, 1.165) is 18.2 Å². The van der Waals surface area contributed by atoms with Crippen LogP contribution in [0.4, 0.5) is 10.1 Å². The van der Waals surface area contributed by atoms with Gasteiger partial charge in [-0.3, -0.25) is 4.79 Å². The van der Waals surface area contributed by atoms with Gasteiger partial charge >= 0.3 is 5.97 Å². The Hall–Kier alpha value is -2.80. The average Bonchev–Trinajstić information content (AvgIpc) is 2.47. The lowest BCUT2D eigenvalue weighted by Crippen LogP contribution is -2.18. The minimum Gasteiger partial charge on any atom is -0.508 e. The first-order valence-electron chi connectivity index (χ1n) is 6.26. The maximum atomic E-state index is 13.0. The van der Waals surface area contributed by atoms with E-state index < -0.39 is 29.7 Å². The quantitative estimate of drug-likeness (QED) is 0.570. The van der Waals surface area contributed by atoms with Crippen LogP contribution in [0.2, 0.25) is 5.02 Å². The molecule has 8 heteroatoms. The van der Waals surface area contributed by atoms with Crippen molar-refractivity contribution in [2.75, 3.05) is 12.3 Å². The monoisotopic (exact) mass is 339 g/mol. The van der Waals surface area contributed by atoms with E-state index in [9.17, 15) is 19.1 Å². The SMILES string of the molecule is Nc1cc(O)cc(C(=O)O)c1C(=O)COc1ccc(F)c(Cl)c1. The Balaban J connectivity index is 2.24. The summed E-state index contributed by atoms with van der Waals surface area (Å²) in [5.41, 5.74) is 4.71. The molecule has 2 rings (SSSR count). The van der Waals surface area contributed by atoms with Gasteiger partial charge in [-0.25, -0.2) is 9.18 Å². The molecule has 0 aliphatic rings. The second-order valence-electron chi connectivity index (χ2n) is 4.55. The normalized spacial score (nSPS) is 10.3. The molecule has 0 atom stereocenters. The zero-order valence-corrected chi connectivity index (χ0v) is 12.3. The third-order valence-electron chi connectivity index (χ3n) is 2.92. The summed E-state index contributed by atoms with van der Waals surface area (Å²) in [6.45, 7) is -0.531. The predicted octanol–water partition coefficient (Wildman–Crippen LogP) is 2.73. The van der Waals surface area contributed by atoms with Gasteiger partial charge in [0.25, 0.3) is 0 Å². The minimum absolute atomic E-state index is 0.138. The first-order chi connectivity index (χ1) is 10.8. The molecule has 4 N–H and O–H groups in total. The summed E-state index contributed by atoms with van der Waals surface area (Å²) in [5, 5.41) is 18.3. The number of Topliss-reactive ketones (excluding diaryl/α,β-unsaturated/α-hetero) is 1. The Bertz CT molecular complexity index is 794. The van der Waals surface area contributed by atoms with E-state index in [1.807, 2.05) is 0 Å². The maximum Gasteiger partial charge on any atom is 0.336 e. The van der Waals surface area contributed by atoms with E-state index in [1.54, 1.807) is 0 Å². The number of carboxylic acids is 1. The lowest BCUT2D eigenvalue weighted by Gasteiger charge is -2.11. The van der Waals surface area contributed by atoms with Crippen LogP contribution in [0.25, 0.3) is 0 Å². The zero-order valence-electron chi connectivity index (χ0n) is 11.5. The van der Waals surface area contributed by atoms with Crippen molar-refractivity contribution >= 4 is 29.0 Å². The fourth-order valence-electron chi connectivity index (χ4n) is 1.92. The smallest absolute Gasteiger partial charge is 0.336 e. The summed E-state index contributed by atoms with van der Waals surface area (Å²) in [5.74, 6) is -3.00. The molecule has 2 aromatic rings. The fourth-order valence-corrected chi connectivity index (χ4v) is 2.09. The van der Waals surface area contributed by atoms with Crippen LogP contribution in [0.1, 0.15) is 20.7 Å². The van der Waals surface area contributed by atoms with E-state index in [0.29, 0.717) is 0 Å². The Morgan fingerprint density at radius 3 is 2.57 bits per heavy atom. The molecule has 0 bridgehead atoms. The van der Waals surface area contributed by atoms with Gasteiger partial charge in [0.05, 0.1) is 16.1 Å². The molecule has 0 fully saturated rings. The molecular formula is C15H11ClFNO5. The molecule has 0 radical (unpaired) electrons. The molecule has 0 aliphatic carbocycles. The number of phenolic OH excluding ortho intramolecular Hbond substituents is 1. The number of carboxylic acid groups (broad SMARTS) is 1. The number of aromatic hydroxyl groups is 1. The van der Waals surface area contributed by atoms with Crippen molar-refractivity contribution < 1.29 is 28.9 Å². The van der Waals surface area contributed by atoms with Crippen molar-refractivity contribution in [3.8, 4) is 11.5 Å². The van der Waals surface area contributed by atoms with E-state index in [1.165, 1.54) is 12.1 Å². The van der Waals surface area contributed by atoms with Crippen LogP contribution in [0.15, 0.2) is 30.3 Å². The first kappa shape index (κ1) is 16.6. The second kappa shape index (κ2) is 6.53. The summed E-state index contributed by atoms with van der Waals surface area (Å²) >= 11 is 5.59. The number of rotatable bonds is 5. The van der Waals surface area contributed by atoms with Crippen LogP contribution >= 0.6 is 11.6 Å². The summed E-state index contributed by atoms with van der Waals surface area (Å²) < 4.78 is 18.2. The number of benzene rings is 2. The first-order valence-corrected chi connectivity index (χ1v) is 6.64. The van der Waals surface area contributed by atoms with Crippen molar-refractivity contribution in [1.29, 1.82) is 0 Å². The van der Waals surface area contributed by atoms with E-state index in [4.69, 9.17) is 27.2 Å². The van der Waals surface area contributed by atoms with Gasteiger partial charge in [0.2, 0.25) is 5.78 Å². The molecule has 0 spiro atoms. The number of halogens is 2. The number of carbonyl (C=O) groups excluding carboxylic acids is 1. The molecule has 0 heterocycles. The number of nitrogens with two attached hydrogens (primary N) is 1. The largest absolute Gasteiger partial charge is 0.508 e. The molecule has 0 unspecified atom stereocenters. The Kier molecular flexibility index (Phi) is 4.71. The number of ketones is 1. The number of nitrogen functional groups attached to an aromatic ring is 1. The van der Waals surface area contributed by atoms with E-state index in [-0.39, 0.29) is 27.8 Å². The maximum absolute atomic E-state index is 13.0. The molecule has 0 saturated carbocycles. The molecular weight excluding hydrogens is 329 g/mol. The van der Waals surface area contributed by atoms with Gasteiger partial charge in [0.15, 0.2) is 6.61 Å². The van der Waals surface area contributed by atoms with Crippen LogP contribution in [0, 0.1) is 5.82 Å². The number of phenols is 1. The Morgan fingerprint density at radius 1 is 1.26 bits per heavy atom. The number of aromatic carboxylic acids is 1. The summed E-state index contributed by atoms with van der Waals surface area (Å²) in [6.07, 6.45) is 0. The number of hydrogen-bond acceptors (Lipinski definition) is 5. The van der Waals surface area contributed by atoms with Gasteiger partial charge in [-0.1, -0.05) is 11.6 Å². The van der Waals surface area contributed by atoms with E-state index >= 15 is 0 Å². The third kappa shape index (κ3) is 3.70. The highest BCUT2D eigenvalue weighted by Gasteiger charge is 2.21. The van der Waals surface area contributed by atoms with Crippen molar-refractivity contribution in [2.24, 2.45) is 0 Å². The van der Waals surface area contributed by atoms with Crippen molar-refractivity contribution in [3.63, 3.8) is 0 Å². The summed E-state index contributed by atoms with van der Waals surface area (Å²) in [4.78, 5) is 23.3. The van der Waals surface area contributed by atoms with Crippen LogP contribution < -0.4 is 10.5 Å². The Labute approximate surface area is 134 Å². The minimum atomic E-state index is -1.42. The zero-order chi connectivity index (χ0) is 17.1. The van der Waals surface area contributed by atoms with E-state index in [2.05, 4.69) is 0 Å². The highest BCUT2D eigenvalue weighted by atomic mass is 35.5. The second-order valence-corrected chi connectivity index (χ2v) is 4.96. The topological polar surface area (TPSA) is 110 Å². The molecule has 0 amide bonds. The van der Waals surface area contributed by atoms with Gasteiger partial charge in [-0.15, -0.1) is 0 Å². The van der Waals surface area contributed by atoms with Crippen LogP contribution in [0.3, 0.4) is 0 Å². The molecule has 0 aromatic heterocycles. The van der Waals surface area contributed by atoms with Gasteiger partial charge in [0, 0.05) is 17.8 Å². The molecule has 23 heavy (non-hydrogen) atoms. The standard InChI is InChI=1S/C15H11ClFNO5/c16-10-5-8(1-2-11(10)17)23-6-13(20)14-9(15(21)22)3-7(19)4-12(14)18/h1-5,19H,6,18H2,(H,21,22). The predicted molar refractivity (Wildman–Crippen MR) is 80.7 cm³/mol. The van der Waals surface area contributed by atoms with Crippen LogP contribution in [-0.2, 0) is 0 Å². The van der Waals surface area contributed by atoms with Crippen molar-refractivity contribution in [3.05, 3.63) is 52.3 Å². The third-order valence-corrected chi connectivity index (χ3v) is 3.21. The van der Waals surface area contributed by atoms with Crippen molar-refractivity contribution in [2.45, 2.75) is 0 Å². The molecule has 120 valence electrons. The summed E-state index contributed by atoms with van der Waals surface area (Å²) in [7, 11) is 0. The summed E-state index contributed by atoms with van der Waals surface area (Å²) in [6, 6.07) is 5.50. The Morgan fingerprint density at radius 2 is 1.96 bits per heavy atom. The fraction of sp³-hybridized carbons (Fsp3) is 0.0667. The van der Waals surface area contributed by atoms with Gasteiger partial charge in [-0.05, 0) is 18.2 Å². The number of hydrogen-bond donors (Lipinski definition) is 3. The highest BCUT2D eigenvalue weighted by molar-refractivity contribution is 6.30. The lowest BCUT2D eigenvalue weighted by atomic mass is 10.0.